The summed E-state index contributed by atoms with van der Waals surface area (Å²) in [6.45, 7) is 0. The summed E-state index contributed by atoms with van der Waals surface area (Å²) in [6.07, 6.45) is 0. The van der Waals surface area contributed by atoms with E-state index in [1.54, 1.807) is 0 Å². The molecule has 0 radical (unpaired) electrons. The molecule has 0 aliphatic rings. The summed E-state index contributed by atoms with van der Waals surface area (Å²) in [5.74, 6) is 0.613. The molecule has 9 aromatic carbocycles. The van der Waals surface area contributed by atoms with Gasteiger partial charge in [-0.05, 0) is 97.1 Å². The molecule has 0 saturated carbocycles. The van der Waals surface area contributed by atoms with E-state index in [0.29, 0.717) is 11.5 Å². The SMILES string of the molecule is c1ccc(-c2ccc(-c3cccc(-c4cccc(-c5nc(-c6cccc(-c7cccc(-c8ccc(-c9ccccc9)cc8)c7)c6)c6c(n5)oc5ccccc56)c4)c3)cc2)cc1. The summed E-state index contributed by atoms with van der Waals surface area (Å²) in [7, 11) is 0. The molecular weight excluding hydrogens is 741 g/mol. The topological polar surface area (TPSA) is 38.9 Å². The van der Waals surface area contributed by atoms with Gasteiger partial charge in [0.25, 0.3) is 0 Å². The van der Waals surface area contributed by atoms with Gasteiger partial charge in [-0.1, -0.05) is 200 Å². The number of fused-ring (bicyclic) bond motifs is 3. The fourth-order valence-corrected chi connectivity index (χ4v) is 8.37. The van der Waals surface area contributed by atoms with E-state index in [9.17, 15) is 0 Å². The van der Waals surface area contributed by atoms with Crippen molar-refractivity contribution < 1.29 is 4.42 Å². The molecule has 0 amide bonds. The minimum Gasteiger partial charge on any atom is -0.438 e. The molecule has 0 unspecified atom stereocenters. The lowest BCUT2D eigenvalue weighted by Gasteiger charge is -2.11. The molecule has 0 spiro atoms. The van der Waals surface area contributed by atoms with Gasteiger partial charge in [0.15, 0.2) is 5.82 Å². The van der Waals surface area contributed by atoms with Crippen LogP contribution in [0.2, 0.25) is 0 Å². The summed E-state index contributed by atoms with van der Waals surface area (Å²) >= 11 is 0. The van der Waals surface area contributed by atoms with Crippen molar-refractivity contribution in [3.63, 3.8) is 0 Å². The van der Waals surface area contributed by atoms with Crippen LogP contribution in [0.1, 0.15) is 0 Å². The van der Waals surface area contributed by atoms with Crippen LogP contribution in [0.4, 0.5) is 0 Å². The maximum atomic E-state index is 6.46. The zero-order valence-electron chi connectivity index (χ0n) is 33.2. The third kappa shape index (κ3) is 7.09. The predicted octanol–water partition coefficient (Wildman–Crippen LogP) is 15.7. The molecule has 0 aliphatic heterocycles. The van der Waals surface area contributed by atoms with Gasteiger partial charge in [-0.2, -0.15) is 4.98 Å². The molecule has 11 rings (SSSR count). The highest BCUT2D eigenvalue weighted by Crippen LogP contribution is 2.39. The Bertz CT molecular complexity index is 3330. The maximum absolute atomic E-state index is 6.46. The lowest BCUT2D eigenvalue weighted by molar-refractivity contribution is 0.653. The fraction of sp³-hybridized carbons (Fsp3) is 0. The molecule has 2 aromatic heterocycles. The second-order valence-corrected chi connectivity index (χ2v) is 15.4. The first-order valence-corrected chi connectivity index (χ1v) is 20.6. The second kappa shape index (κ2) is 15.6. The van der Waals surface area contributed by atoms with E-state index in [-0.39, 0.29) is 0 Å². The minimum absolute atomic E-state index is 0.568. The first-order valence-electron chi connectivity index (χ1n) is 20.6. The number of nitrogens with zero attached hydrogens (tertiary/aromatic N) is 2. The van der Waals surface area contributed by atoms with Crippen molar-refractivity contribution in [3.8, 4) is 89.4 Å². The van der Waals surface area contributed by atoms with E-state index >= 15 is 0 Å². The van der Waals surface area contributed by atoms with Gasteiger partial charge in [0.2, 0.25) is 5.71 Å². The Balaban J connectivity index is 0.949. The minimum atomic E-state index is 0.568. The van der Waals surface area contributed by atoms with Gasteiger partial charge in [0.1, 0.15) is 5.58 Å². The van der Waals surface area contributed by atoms with Crippen molar-refractivity contribution in [3.05, 3.63) is 231 Å². The number of hydrogen-bond acceptors (Lipinski definition) is 3. The Morgan fingerprint density at radius 1 is 0.262 bits per heavy atom. The number of aromatic nitrogens is 2. The van der Waals surface area contributed by atoms with Crippen LogP contribution in [0, 0.1) is 0 Å². The maximum Gasteiger partial charge on any atom is 0.231 e. The summed E-state index contributed by atoms with van der Waals surface area (Å²) in [5.41, 5.74) is 18.1. The lowest BCUT2D eigenvalue weighted by atomic mass is 9.95. The summed E-state index contributed by atoms with van der Waals surface area (Å²) < 4.78 is 6.46. The van der Waals surface area contributed by atoms with Crippen molar-refractivity contribution in [2.45, 2.75) is 0 Å². The summed E-state index contributed by atoms with van der Waals surface area (Å²) in [6, 6.07) is 81.3. The summed E-state index contributed by atoms with van der Waals surface area (Å²) in [4.78, 5) is 10.4. The molecule has 61 heavy (non-hydrogen) atoms. The Labute approximate surface area is 354 Å². The monoisotopic (exact) mass is 778 g/mol. The van der Waals surface area contributed by atoms with Gasteiger partial charge < -0.3 is 4.42 Å². The highest BCUT2D eigenvalue weighted by atomic mass is 16.3. The molecule has 0 N–H and O–H groups in total. The van der Waals surface area contributed by atoms with E-state index < -0.39 is 0 Å². The zero-order chi connectivity index (χ0) is 40.5. The van der Waals surface area contributed by atoms with Gasteiger partial charge in [-0.15, -0.1) is 0 Å². The van der Waals surface area contributed by atoms with Crippen LogP contribution in [0.15, 0.2) is 235 Å². The molecule has 11 aromatic rings. The van der Waals surface area contributed by atoms with E-state index in [4.69, 9.17) is 14.4 Å². The van der Waals surface area contributed by atoms with Gasteiger partial charge in [-0.25, -0.2) is 4.98 Å². The Kier molecular flexibility index (Phi) is 9.18. The van der Waals surface area contributed by atoms with Gasteiger partial charge >= 0.3 is 0 Å². The lowest BCUT2D eigenvalue weighted by Crippen LogP contribution is -1.94. The smallest absolute Gasteiger partial charge is 0.231 e. The van der Waals surface area contributed by atoms with Crippen LogP contribution in [0.3, 0.4) is 0 Å². The quantitative estimate of drug-likeness (QED) is 0.154. The van der Waals surface area contributed by atoms with Crippen molar-refractivity contribution in [2.24, 2.45) is 0 Å². The molecule has 0 fully saturated rings. The number of rotatable bonds is 8. The fourth-order valence-electron chi connectivity index (χ4n) is 8.37. The number of para-hydroxylation sites is 1. The molecule has 286 valence electrons. The van der Waals surface area contributed by atoms with Gasteiger partial charge in [0, 0.05) is 16.5 Å². The van der Waals surface area contributed by atoms with Crippen LogP contribution in [0.5, 0.6) is 0 Å². The molecule has 2 heterocycles. The standard InChI is InChI=1S/C58H38N2O/c1-3-13-39(14-4-1)41-27-31-43(32-28-41)45-17-9-19-47(35-45)49-21-11-23-51(37-49)56-55-53-25-7-8-26-54(53)61-58(55)60-57(59-56)52-24-12-22-50(38-52)48-20-10-18-46(36-48)44-33-29-42(30-34-44)40-15-5-2-6-16-40/h1-38H. The summed E-state index contributed by atoms with van der Waals surface area (Å²) in [5, 5.41) is 1.90. The highest BCUT2D eigenvalue weighted by Gasteiger charge is 2.19. The van der Waals surface area contributed by atoms with Crippen LogP contribution < -0.4 is 0 Å². The van der Waals surface area contributed by atoms with Gasteiger partial charge in [0.05, 0.1) is 11.1 Å². The molecule has 0 aliphatic carbocycles. The molecule has 0 saturated heterocycles. The number of benzene rings is 9. The Hall–Kier alpha value is -8.14. The normalized spacial score (nSPS) is 11.3. The molecule has 3 nitrogen and oxygen atoms in total. The van der Waals surface area contributed by atoms with Crippen LogP contribution in [-0.4, -0.2) is 9.97 Å². The van der Waals surface area contributed by atoms with E-state index in [2.05, 4.69) is 206 Å². The van der Waals surface area contributed by atoms with Crippen molar-refractivity contribution in [1.29, 1.82) is 0 Å². The van der Waals surface area contributed by atoms with Crippen LogP contribution in [-0.2, 0) is 0 Å². The van der Waals surface area contributed by atoms with Crippen molar-refractivity contribution in [1.82, 2.24) is 9.97 Å². The predicted molar refractivity (Wildman–Crippen MR) is 253 cm³/mol. The molecular formula is C58H38N2O. The first kappa shape index (κ1) is 36.0. The Morgan fingerprint density at radius 3 is 1.11 bits per heavy atom. The number of hydrogen-bond donors (Lipinski definition) is 0. The van der Waals surface area contributed by atoms with E-state index in [1.165, 1.54) is 38.9 Å². The van der Waals surface area contributed by atoms with E-state index in [0.717, 1.165) is 61.0 Å². The number of furan rings is 1. The average Bonchev–Trinajstić information content (AvgIpc) is 3.73. The van der Waals surface area contributed by atoms with Crippen molar-refractivity contribution >= 4 is 22.1 Å². The molecule has 0 bridgehead atoms. The third-order valence-electron chi connectivity index (χ3n) is 11.5. The van der Waals surface area contributed by atoms with Crippen molar-refractivity contribution in [2.75, 3.05) is 0 Å². The molecule has 3 heteroatoms. The average molecular weight is 779 g/mol. The van der Waals surface area contributed by atoms with Crippen LogP contribution in [0.25, 0.3) is 111 Å². The highest BCUT2D eigenvalue weighted by molar-refractivity contribution is 6.10. The van der Waals surface area contributed by atoms with Crippen LogP contribution >= 0.6 is 0 Å². The second-order valence-electron chi connectivity index (χ2n) is 15.4. The van der Waals surface area contributed by atoms with Gasteiger partial charge in [-0.3, -0.25) is 0 Å². The molecule has 0 atom stereocenters. The largest absolute Gasteiger partial charge is 0.438 e. The Morgan fingerprint density at radius 2 is 0.607 bits per heavy atom. The third-order valence-corrected chi connectivity index (χ3v) is 11.5. The zero-order valence-corrected chi connectivity index (χ0v) is 33.2. The first-order chi connectivity index (χ1) is 30.2. The van der Waals surface area contributed by atoms with E-state index in [1.807, 2.05) is 24.3 Å².